The molecule has 1 aromatic carbocycles. The van der Waals surface area contributed by atoms with Crippen LogP contribution in [0.5, 0.6) is 0 Å². The molecule has 0 amide bonds. The summed E-state index contributed by atoms with van der Waals surface area (Å²) in [6, 6.07) is 8.51. The first kappa shape index (κ1) is 12.4. The first-order valence-corrected chi connectivity index (χ1v) is 6.38. The van der Waals surface area contributed by atoms with Crippen molar-refractivity contribution in [3.05, 3.63) is 29.8 Å². The quantitative estimate of drug-likeness (QED) is 0.863. The van der Waals surface area contributed by atoms with E-state index in [9.17, 15) is 0 Å². The Labute approximate surface area is 104 Å². The summed E-state index contributed by atoms with van der Waals surface area (Å²) in [4.78, 5) is 2.46. The third-order valence-corrected chi connectivity index (χ3v) is 3.10. The third-order valence-electron chi connectivity index (χ3n) is 3.10. The molecule has 1 N–H and O–H groups in total. The van der Waals surface area contributed by atoms with Crippen molar-refractivity contribution in [1.82, 2.24) is 4.90 Å². The van der Waals surface area contributed by atoms with Gasteiger partial charge in [0.15, 0.2) is 0 Å². The van der Waals surface area contributed by atoms with E-state index in [1.165, 1.54) is 11.3 Å². The van der Waals surface area contributed by atoms with Crippen molar-refractivity contribution < 1.29 is 4.74 Å². The van der Waals surface area contributed by atoms with Crippen LogP contribution in [0.1, 0.15) is 12.5 Å². The van der Waals surface area contributed by atoms with E-state index in [2.05, 4.69) is 48.3 Å². The maximum Gasteiger partial charge on any atom is 0.0674 e. The monoisotopic (exact) mass is 234 g/mol. The number of nitrogens with one attached hydrogen (secondary N) is 1. The van der Waals surface area contributed by atoms with Gasteiger partial charge in [-0.1, -0.05) is 12.1 Å². The van der Waals surface area contributed by atoms with Crippen LogP contribution in [0.4, 0.5) is 5.69 Å². The maximum atomic E-state index is 5.53. The summed E-state index contributed by atoms with van der Waals surface area (Å²) < 4.78 is 5.53. The molecular weight excluding hydrogens is 212 g/mol. The highest BCUT2D eigenvalue weighted by Gasteiger charge is 2.15. The number of nitrogens with zero attached hydrogens (tertiary/aromatic N) is 1. The van der Waals surface area contributed by atoms with Crippen molar-refractivity contribution in [2.75, 3.05) is 38.1 Å². The maximum absolute atomic E-state index is 5.53. The highest BCUT2D eigenvalue weighted by Crippen LogP contribution is 2.09. The summed E-state index contributed by atoms with van der Waals surface area (Å²) in [5, 5.41) is 3.47. The largest absolute Gasteiger partial charge is 0.384 e. The van der Waals surface area contributed by atoms with Gasteiger partial charge >= 0.3 is 0 Å². The van der Waals surface area contributed by atoms with Gasteiger partial charge in [0.25, 0.3) is 0 Å². The molecule has 1 atom stereocenters. The molecule has 3 nitrogen and oxygen atoms in total. The molecule has 1 heterocycles. The van der Waals surface area contributed by atoms with E-state index < -0.39 is 0 Å². The fourth-order valence-electron chi connectivity index (χ4n) is 2.21. The highest BCUT2D eigenvalue weighted by molar-refractivity contribution is 5.45. The normalized spacial score (nSPS) is 21.4. The van der Waals surface area contributed by atoms with Crippen molar-refractivity contribution in [2.24, 2.45) is 0 Å². The Morgan fingerprint density at radius 3 is 3.12 bits per heavy atom. The van der Waals surface area contributed by atoms with Gasteiger partial charge in [-0.2, -0.15) is 0 Å². The van der Waals surface area contributed by atoms with Crippen LogP contribution < -0.4 is 5.32 Å². The Kier molecular flexibility index (Phi) is 4.40. The van der Waals surface area contributed by atoms with Crippen LogP contribution in [0, 0.1) is 6.92 Å². The van der Waals surface area contributed by atoms with E-state index in [4.69, 9.17) is 4.74 Å². The molecule has 0 spiro atoms. The van der Waals surface area contributed by atoms with Crippen LogP contribution in [0.3, 0.4) is 0 Å². The molecule has 1 unspecified atom stereocenters. The average Bonchev–Trinajstić information content (AvgIpc) is 2.29. The van der Waals surface area contributed by atoms with Crippen LogP contribution >= 0.6 is 0 Å². The van der Waals surface area contributed by atoms with Gasteiger partial charge in [-0.05, 0) is 31.5 Å². The molecule has 1 saturated heterocycles. The molecule has 94 valence electrons. The van der Waals surface area contributed by atoms with Crippen LogP contribution in [-0.2, 0) is 4.74 Å². The smallest absolute Gasteiger partial charge is 0.0674 e. The Hall–Kier alpha value is -1.06. The number of hydrogen-bond donors (Lipinski definition) is 1. The van der Waals surface area contributed by atoms with E-state index >= 15 is 0 Å². The van der Waals surface area contributed by atoms with Gasteiger partial charge in [-0.15, -0.1) is 0 Å². The van der Waals surface area contributed by atoms with E-state index in [1.807, 2.05) is 0 Å². The molecule has 0 aliphatic carbocycles. The molecule has 2 rings (SSSR count). The molecule has 1 aliphatic heterocycles. The molecule has 1 fully saturated rings. The molecule has 0 saturated carbocycles. The number of aryl methyl sites for hydroxylation is 1. The fourth-order valence-corrected chi connectivity index (χ4v) is 2.21. The molecule has 17 heavy (non-hydrogen) atoms. The van der Waals surface area contributed by atoms with E-state index in [0.717, 1.165) is 32.8 Å². The third kappa shape index (κ3) is 4.02. The number of hydrogen-bond acceptors (Lipinski definition) is 3. The summed E-state index contributed by atoms with van der Waals surface area (Å²) in [5.41, 5.74) is 2.52. The van der Waals surface area contributed by atoms with Crippen LogP contribution in [0.2, 0.25) is 0 Å². The zero-order chi connectivity index (χ0) is 12.1. The van der Waals surface area contributed by atoms with Crippen molar-refractivity contribution in [1.29, 1.82) is 0 Å². The molecule has 1 aromatic rings. The average molecular weight is 234 g/mol. The Bertz CT molecular complexity index is 354. The first-order valence-electron chi connectivity index (χ1n) is 6.38. The zero-order valence-corrected chi connectivity index (χ0v) is 10.8. The Morgan fingerprint density at radius 1 is 1.47 bits per heavy atom. The van der Waals surface area contributed by atoms with Crippen molar-refractivity contribution in [3.63, 3.8) is 0 Å². The van der Waals surface area contributed by atoms with Crippen molar-refractivity contribution >= 4 is 5.69 Å². The minimum absolute atomic E-state index is 0.378. The lowest BCUT2D eigenvalue weighted by Gasteiger charge is -2.31. The minimum atomic E-state index is 0.378. The number of benzene rings is 1. The minimum Gasteiger partial charge on any atom is -0.384 e. The second kappa shape index (κ2) is 6.03. The number of rotatable bonds is 4. The summed E-state index contributed by atoms with van der Waals surface area (Å²) in [6.45, 7) is 9.31. The standard InChI is InChI=1S/C14H22N2O/c1-12-4-3-5-14(10-12)15-6-7-16-8-9-17-13(2)11-16/h3-5,10,13,15H,6-9,11H2,1-2H3. The summed E-state index contributed by atoms with van der Waals surface area (Å²) in [7, 11) is 0. The molecule has 3 heteroatoms. The molecule has 0 bridgehead atoms. The first-order chi connectivity index (χ1) is 8.24. The molecule has 0 aromatic heterocycles. The predicted octanol–water partition coefficient (Wildman–Crippen LogP) is 2.13. The van der Waals surface area contributed by atoms with Gasteiger partial charge in [0.1, 0.15) is 0 Å². The highest BCUT2D eigenvalue weighted by atomic mass is 16.5. The van der Waals surface area contributed by atoms with E-state index in [-0.39, 0.29) is 0 Å². The fraction of sp³-hybridized carbons (Fsp3) is 0.571. The molecule has 1 aliphatic rings. The SMILES string of the molecule is Cc1cccc(NCCN2CCOC(C)C2)c1. The van der Waals surface area contributed by atoms with Gasteiger partial charge < -0.3 is 10.1 Å². The van der Waals surface area contributed by atoms with Crippen LogP contribution in [-0.4, -0.2) is 43.8 Å². The van der Waals surface area contributed by atoms with Gasteiger partial charge in [0.05, 0.1) is 12.7 Å². The number of anilines is 1. The van der Waals surface area contributed by atoms with E-state index in [1.54, 1.807) is 0 Å². The van der Waals surface area contributed by atoms with Crippen molar-refractivity contribution in [2.45, 2.75) is 20.0 Å². The summed E-state index contributed by atoms with van der Waals surface area (Å²) in [5.74, 6) is 0. The van der Waals surface area contributed by atoms with Gasteiger partial charge in [0.2, 0.25) is 0 Å². The second-order valence-corrected chi connectivity index (χ2v) is 4.78. The lowest BCUT2D eigenvalue weighted by Crippen LogP contribution is -2.43. The van der Waals surface area contributed by atoms with Gasteiger partial charge in [0, 0.05) is 31.9 Å². The summed E-state index contributed by atoms with van der Waals surface area (Å²) >= 11 is 0. The predicted molar refractivity (Wildman–Crippen MR) is 71.5 cm³/mol. The Morgan fingerprint density at radius 2 is 2.35 bits per heavy atom. The number of morpholine rings is 1. The zero-order valence-electron chi connectivity index (χ0n) is 10.8. The Balaban J connectivity index is 1.72. The lowest BCUT2D eigenvalue weighted by atomic mass is 10.2. The van der Waals surface area contributed by atoms with Crippen LogP contribution in [0.15, 0.2) is 24.3 Å². The van der Waals surface area contributed by atoms with E-state index in [0.29, 0.717) is 6.10 Å². The lowest BCUT2D eigenvalue weighted by molar-refractivity contribution is -0.0166. The van der Waals surface area contributed by atoms with Crippen molar-refractivity contribution in [3.8, 4) is 0 Å². The van der Waals surface area contributed by atoms with Crippen LogP contribution in [0.25, 0.3) is 0 Å². The number of ether oxygens (including phenoxy) is 1. The molecular formula is C14H22N2O. The topological polar surface area (TPSA) is 24.5 Å². The van der Waals surface area contributed by atoms with Gasteiger partial charge in [-0.3, -0.25) is 4.90 Å². The molecule has 0 radical (unpaired) electrons. The second-order valence-electron chi connectivity index (χ2n) is 4.78. The van der Waals surface area contributed by atoms with Gasteiger partial charge in [-0.25, -0.2) is 0 Å². The summed E-state index contributed by atoms with van der Waals surface area (Å²) in [6.07, 6.45) is 0.378.